The monoisotopic (exact) mass is 275 g/mol. The van der Waals surface area contributed by atoms with Crippen molar-refractivity contribution in [3.05, 3.63) is 35.9 Å². The van der Waals surface area contributed by atoms with E-state index in [1.165, 1.54) is 0 Å². The first-order valence-electron chi connectivity index (χ1n) is 5.77. The predicted molar refractivity (Wildman–Crippen MR) is 81.8 cm³/mol. The van der Waals surface area contributed by atoms with Crippen LogP contribution >= 0.6 is 11.8 Å². The molecule has 0 aliphatic rings. The fourth-order valence-electron chi connectivity index (χ4n) is 1.02. The van der Waals surface area contributed by atoms with E-state index >= 15 is 0 Å². The minimum absolute atomic E-state index is 0.0446. The van der Waals surface area contributed by atoms with E-state index in [1.54, 1.807) is 12.1 Å². The zero-order valence-corrected chi connectivity index (χ0v) is 11.8. The van der Waals surface area contributed by atoms with Crippen LogP contribution in [0.2, 0.25) is 0 Å². The van der Waals surface area contributed by atoms with Gasteiger partial charge in [0.1, 0.15) is 5.04 Å². The normalized spacial score (nSPS) is 8.47. The minimum atomic E-state index is -0.554. The molecular weight excluding hydrogens is 258 g/mol. The third-order valence-corrected chi connectivity index (χ3v) is 2.63. The molecule has 1 amide bonds. The van der Waals surface area contributed by atoms with Crippen molar-refractivity contribution in [1.29, 1.82) is 10.8 Å². The largest absolute Gasteiger partial charge is 0.339 e. The maximum absolute atomic E-state index is 10.8. The molecule has 0 saturated heterocycles. The Labute approximate surface area is 118 Å². The number of carbonyl (C=O) groups is 1. The Morgan fingerprint density at radius 1 is 1.32 bits per heavy atom. The zero-order chi connectivity index (χ0) is 14.7. The van der Waals surface area contributed by atoms with Crippen molar-refractivity contribution in [3.8, 4) is 12.3 Å². The van der Waals surface area contributed by atoms with E-state index in [4.69, 9.17) is 17.2 Å². The fraction of sp³-hybridized carbons (Fsp3) is 0.214. The number of hydrogen-bond acceptors (Lipinski definition) is 4. The Bertz CT molecular complexity index is 477. The SMILES string of the molecule is C#CC(=O)NCC(=N)SC(=N)c1ccccc1.CC. The van der Waals surface area contributed by atoms with Crippen molar-refractivity contribution < 1.29 is 4.79 Å². The van der Waals surface area contributed by atoms with Gasteiger partial charge >= 0.3 is 0 Å². The average Bonchev–Trinajstić information content (AvgIpc) is 2.47. The van der Waals surface area contributed by atoms with Gasteiger partial charge in [0.15, 0.2) is 0 Å². The highest BCUT2D eigenvalue weighted by Crippen LogP contribution is 2.12. The Morgan fingerprint density at radius 2 is 1.89 bits per heavy atom. The Morgan fingerprint density at radius 3 is 2.42 bits per heavy atom. The highest BCUT2D eigenvalue weighted by Gasteiger charge is 2.06. The third kappa shape index (κ3) is 7.06. The number of nitrogens with one attached hydrogen (secondary N) is 3. The summed E-state index contributed by atoms with van der Waals surface area (Å²) in [5.41, 5.74) is 0.741. The second kappa shape index (κ2) is 9.92. The summed E-state index contributed by atoms with van der Waals surface area (Å²) in [4.78, 5) is 10.8. The summed E-state index contributed by atoms with van der Waals surface area (Å²) in [7, 11) is 0. The van der Waals surface area contributed by atoms with Gasteiger partial charge in [0, 0.05) is 5.56 Å². The quantitative estimate of drug-likeness (QED) is 0.450. The summed E-state index contributed by atoms with van der Waals surface area (Å²) < 4.78 is 0. The summed E-state index contributed by atoms with van der Waals surface area (Å²) in [5.74, 6) is 1.34. The average molecular weight is 275 g/mol. The van der Waals surface area contributed by atoms with Gasteiger partial charge in [-0.25, -0.2) is 0 Å². The Kier molecular flexibility index (Phi) is 8.84. The van der Waals surface area contributed by atoms with Crippen LogP contribution in [0.25, 0.3) is 0 Å². The van der Waals surface area contributed by atoms with Crippen LogP contribution in [0.3, 0.4) is 0 Å². The molecular formula is C14H17N3OS. The van der Waals surface area contributed by atoms with Crippen LogP contribution in [0.4, 0.5) is 0 Å². The predicted octanol–water partition coefficient (Wildman–Crippen LogP) is 2.50. The van der Waals surface area contributed by atoms with Crippen molar-refractivity contribution in [2.45, 2.75) is 13.8 Å². The molecule has 0 unspecified atom stereocenters. The van der Waals surface area contributed by atoms with E-state index in [0.717, 1.165) is 17.3 Å². The zero-order valence-electron chi connectivity index (χ0n) is 11.0. The fourth-order valence-corrected chi connectivity index (χ4v) is 1.66. The Hall–Kier alpha value is -2.06. The molecule has 0 atom stereocenters. The summed E-state index contributed by atoms with van der Waals surface area (Å²) in [6.07, 6.45) is 4.87. The molecule has 5 heteroatoms. The standard InChI is InChI=1S/C12H11N3OS.C2H6/c1-2-11(16)15-8-10(13)17-12(14)9-6-4-3-5-7-9;1-2/h1,3-7,13-14H,8H2,(H,15,16);1-2H3. The lowest BCUT2D eigenvalue weighted by Gasteiger charge is -2.05. The lowest BCUT2D eigenvalue weighted by Crippen LogP contribution is -2.27. The van der Waals surface area contributed by atoms with Gasteiger partial charge in [-0.3, -0.25) is 15.6 Å². The molecule has 0 aliphatic heterocycles. The molecule has 3 N–H and O–H groups in total. The van der Waals surface area contributed by atoms with Gasteiger partial charge in [0.05, 0.1) is 11.6 Å². The molecule has 1 aromatic rings. The minimum Gasteiger partial charge on any atom is -0.339 e. The van der Waals surface area contributed by atoms with Gasteiger partial charge in [-0.1, -0.05) is 55.9 Å². The van der Waals surface area contributed by atoms with Gasteiger partial charge in [0.25, 0.3) is 5.91 Å². The molecule has 100 valence electrons. The first-order valence-corrected chi connectivity index (χ1v) is 6.59. The Balaban J connectivity index is 0.00000154. The lowest BCUT2D eigenvalue weighted by molar-refractivity contribution is -0.115. The lowest BCUT2D eigenvalue weighted by atomic mass is 10.2. The van der Waals surface area contributed by atoms with E-state index in [-0.39, 0.29) is 16.6 Å². The highest BCUT2D eigenvalue weighted by atomic mass is 32.2. The molecule has 0 aliphatic carbocycles. The third-order valence-electron chi connectivity index (χ3n) is 1.80. The van der Waals surface area contributed by atoms with E-state index in [0.29, 0.717) is 0 Å². The molecule has 0 radical (unpaired) electrons. The highest BCUT2D eigenvalue weighted by molar-refractivity contribution is 8.26. The molecule has 1 aromatic carbocycles. The smallest absolute Gasteiger partial charge is 0.295 e. The van der Waals surface area contributed by atoms with Gasteiger partial charge in [-0.15, -0.1) is 6.42 Å². The molecule has 0 heterocycles. The maximum atomic E-state index is 10.8. The molecule has 1 rings (SSSR count). The molecule has 0 spiro atoms. The molecule has 0 fully saturated rings. The van der Waals surface area contributed by atoms with Crippen molar-refractivity contribution in [1.82, 2.24) is 5.32 Å². The summed E-state index contributed by atoms with van der Waals surface area (Å²) in [6, 6.07) is 9.10. The van der Waals surface area contributed by atoms with Crippen LogP contribution < -0.4 is 5.32 Å². The van der Waals surface area contributed by atoms with Gasteiger partial charge in [0.2, 0.25) is 0 Å². The maximum Gasteiger partial charge on any atom is 0.295 e. The van der Waals surface area contributed by atoms with E-state index in [1.807, 2.05) is 38.0 Å². The van der Waals surface area contributed by atoms with Crippen molar-refractivity contribution in [2.75, 3.05) is 6.54 Å². The molecule has 19 heavy (non-hydrogen) atoms. The molecule has 0 bridgehead atoms. The summed E-state index contributed by atoms with van der Waals surface area (Å²) in [6.45, 7) is 4.04. The number of rotatable bonds is 3. The van der Waals surface area contributed by atoms with Crippen LogP contribution in [0.15, 0.2) is 30.3 Å². The van der Waals surface area contributed by atoms with Gasteiger partial charge in [-0.05, 0) is 5.92 Å². The van der Waals surface area contributed by atoms with E-state index in [2.05, 4.69) is 5.32 Å². The number of thioether (sulfide) groups is 1. The number of carbonyl (C=O) groups excluding carboxylic acids is 1. The van der Waals surface area contributed by atoms with Crippen LogP contribution in [0, 0.1) is 23.2 Å². The van der Waals surface area contributed by atoms with Crippen LogP contribution in [0.1, 0.15) is 19.4 Å². The van der Waals surface area contributed by atoms with Gasteiger partial charge < -0.3 is 5.32 Å². The van der Waals surface area contributed by atoms with E-state index < -0.39 is 5.91 Å². The summed E-state index contributed by atoms with van der Waals surface area (Å²) >= 11 is 0.988. The van der Waals surface area contributed by atoms with Crippen molar-refractivity contribution in [3.63, 3.8) is 0 Å². The first-order chi connectivity index (χ1) is 9.13. The number of amides is 1. The van der Waals surface area contributed by atoms with Crippen molar-refractivity contribution in [2.24, 2.45) is 0 Å². The topological polar surface area (TPSA) is 76.8 Å². The van der Waals surface area contributed by atoms with Gasteiger partial charge in [-0.2, -0.15) is 0 Å². The van der Waals surface area contributed by atoms with Crippen LogP contribution in [-0.4, -0.2) is 22.5 Å². The number of hydrogen-bond donors (Lipinski definition) is 3. The summed E-state index contributed by atoms with van der Waals surface area (Å²) in [5, 5.41) is 18.1. The van der Waals surface area contributed by atoms with E-state index in [9.17, 15) is 4.79 Å². The van der Waals surface area contributed by atoms with Crippen LogP contribution in [-0.2, 0) is 4.79 Å². The first kappa shape index (κ1) is 16.9. The van der Waals surface area contributed by atoms with Crippen LogP contribution in [0.5, 0.6) is 0 Å². The number of benzene rings is 1. The molecule has 4 nitrogen and oxygen atoms in total. The second-order valence-corrected chi connectivity index (χ2v) is 4.15. The molecule has 0 aromatic heterocycles. The number of terminal acetylenes is 1. The second-order valence-electron chi connectivity index (χ2n) is 3.05. The molecule has 0 saturated carbocycles. The van der Waals surface area contributed by atoms with Crippen molar-refractivity contribution >= 4 is 27.8 Å².